The number of allylic oxidation sites excluding steroid dienone is 16. The zero-order chi connectivity index (χ0) is 48.6. The summed E-state index contributed by atoms with van der Waals surface area (Å²) in [5.41, 5.74) is 0. The predicted octanol–water partition coefficient (Wildman–Crippen LogP) is 18.5. The van der Waals surface area contributed by atoms with Gasteiger partial charge in [-0.25, -0.2) is 0 Å². The molecule has 0 N–H and O–H groups in total. The summed E-state index contributed by atoms with van der Waals surface area (Å²) in [5.74, 6) is -0.956. The van der Waals surface area contributed by atoms with Gasteiger partial charge in [0.1, 0.15) is 13.2 Å². The van der Waals surface area contributed by atoms with Crippen LogP contribution in [0.5, 0.6) is 0 Å². The van der Waals surface area contributed by atoms with Gasteiger partial charge in [0.2, 0.25) is 0 Å². The van der Waals surface area contributed by atoms with Crippen molar-refractivity contribution in [2.45, 2.75) is 258 Å². The lowest BCUT2D eigenvalue weighted by Crippen LogP contribution is -2.30. The molecule has 0 saturated carbocycles. The summed E-state index contributed by atoms with van der Waals surface area (Å²) in [7, 11) is 0. The standard InChI is InChI=1S/C61H102O6/c1-4-7-10-13-16-19-22-24-26-28-29-30-31-33-34-36-39-42-45-48-51-54-60(63)66-57-58(56-65-59(62)53-50-47-44-41-38-21-18-15-12-9-6-3)67-61(64)55-52-49-46-43-40-37-35-32-27-25-23-20-17-14-11-8-5-2/h7,10,15-16,18-19,24-27,29-30,33-34,39,42,58H,4-6,8-9,11-14,17,20-23,28,31-32,35-38,40-41,43-57H2,1-3H3/b10-7-,18-15-,19-16-,26-24-,27-25-,30-29-,34-33-,42-39-. The van der Waals surface area contributed by atoms with Gasteiger partial charge in [0.25, 0.3) is 0 Å². The zero-order valence-electron chi connectivity index (χ0n) is 43.6. The van der Waals surface area contributed by atoms with Crippen LogP contribution in [-0.4, -0.2) is 37.2 Å². The number of unbranched alkanes of at least 4 members (excludes halogenated alkanes) is 22. The van der Waals surface area contributed by atoms with Crippen LogP contribution in [0, 0.1) is 0 Å². The number of ether oxygens (including phenoxy) is 3. The quantitative estimate of drug-likeness (QED) is 0.0262. The van der Waals surface area contributed by atoms with Crippen molar-refractivity contribution in [2.24, 2.45) is 0 Å². The molecule has 0 rings (SSSR count). The Hall–Kier alpha value is -3.67. The predicted molar refractivity (Wildman–Crippen MR) is 288 cm³/mol. The van der Waals surface area contributed by atoms with Gasteiger partial charge in [0.05, 0.1) is 0 Å². The number of carbonyl (C=O) groups is 3. The Morgan fingerprint density at radius 1 is 0.313 bits per heavy atom. The van der Waals surface area contributed by atoms with Crippen LogP contribution in [0.1, 0.15) is 252 Å². The molecule has 1 unspecified atom stereocenters. The molecule has 0 aromatic heterocycles. The van der Waals surface area contributed by atoms with Crippen molar-refractivity contribution in [3.63, 3.8) is 0 Å². The highest BCUT2D eigenvalue weighted by Crippen LogP contribution is 2.14. The minimum absolute atomic E-state index is 0.0981. The van der Waals surface area contributed by atoms with Crippen molar-refractivity contribution in [3.05, 3.63) is 97.2 Å². The summed E-state index contributed by atoms with van der Waals surface area (Å²) in [5, 5.41) is 0. The van der Waals surface area contributed by atoms with Crippen LogP contribution in [0.25, 0.3) is 0 Å². The van der Waals surface area contributed by atoms with Crippen molar-refractivity contribution in [3.8, 4) is 0 Å². The summed E-state index contributed by atoms with van der Waals surface area (Å²) in [6.45, 7) is 6.43. The van der Waals surface area contributed by atoms with E-state index in [4.69, 9.17) is 14.2 Å². The number of carbonyl (C=O) groups excluding carboxylic acids is 3. The first kappa shape index (κ1) is 63.3. The minimum Gasteiger partial charge on any atom is -0.462 e. The average molecular weight is 931 g/mol. The lowest BCUT2D eigenvalue weighted by molar-refractivity contribution is -0.167. The van der Waals surface area contributed by atoms with E-state index in [1.54, 1.807) is 0 Å². The highest BCUT2D eigenvalue weighted by Gasteiger charge is 2.19. The summed E-state index contributed by atoms with van der Waals surface area (Å²) >= 11 is 0. The Morgan fingerprint density at radius 2 is 0.597 bits per heavy atom. The van der Waals surface area contributed by atoms with E-state index in [1.807, 2.05) is 0 Å². The Balaban J connectivity index is 4.44. The fourth-order valence-corrected chi connectivity index (χ4v) is 7.36. The van der Waals surface area contributed by atoms with E-state index in [0.29, 0.717) is 19.3 Å². The SMILES string of the molecule is CC/C=C\C/C=C\C/C=C\C/C=C\C/C=C\C/C=C\CCCCC(=O)OCC(COC(=O)CCCCCCC/C=C\CCCC)OC(=O)CCCCCCCCC/C=C\CCCCCCCC. The summed E-state index contributed by atoms with van der Waals surface area (Å²) in [6, 6.07) is 0. The van der Waals surface area contributed by atoms with Crippen molar-refractivity contribution in [1.29, 1.82) is 0 Å². The van der Waals surface area contributed by atoms with Gasteiger partial charge in [-0.2, -0.15) is 0 Å². The molecule has 6 nitrogen and oxygen atoms in total. The lowest BCUT2D eigenvalue weighted by atomic mass is 10.1. The third-order valence-corrected chi connectivity index (χ3v) is 11.5. The Bertz CT molecular complexity index is 1350. The first-order valence-electron chi connectivity index (χ1n) is 27.7. The minimum atomic E-state index is -0.801. The number of hydrogen-bond donors (Lipinski definition) is 0. The largest absolute Gasteiger partial charge is 0.462 e. The van der Waals surface area contributed by atoms with Gasteiger partial charge in [-0.15, -0.1) is 0 Å². The molecule has 0 saturated heterocycles. The molecule has 0 spiro atoms. The first-order valence-corrected chi connectivity index (χ1v) is 27.7. The molecule has 0 aliphatic rings. The maximum atomic E-state index is 12.8. The van der Waals surface area contributed by atoms with Gasteiger partial charge in [0.15, 0.2) is 6.10 Å². The Labute approximate surface area is 413 Å². The van der Waals surface area contributed by atoms with Gasteiger partial charge in [-0.3, -0.25) is 14.4 Å². The van der Waals surface area contributed by atoms with Crippen LogP contribution in [0.15, 0.2) is 97.2 Å². The number of esters is 3. The molecular formula is C61H102O6. The highest BCUT2D eigenvalue weighted by atomic mass is 16.6. The molecular weight excluding hydrogens is 829 g/mol. The van der Waals surface area contributed by atoms with E-state index in [0.717, 1.165) is 109 Å². The second-order valence-electron chi connectivity index (χ2n) is 18.1. The third-order valence-electron chi connectivity index (χ3n) is 11.5. The van der Waals surface area contributed by atoms with Crippen LogP contribution < -0.4 is 0 Å². The second kappa shape index (κ2) is 54.9. The molecule has 0 amide bonds. The van der Waals surface area contributed by atoms with Gasteiger partial charge in [-0.1, -0.05) is 214 Å². The average Bonchev–Trinajstić information content (AvgIpc) is 3.33. The number of rotatable bonds is 49. The van der Waals surface area contributed by atoms with Crippen molar-refractivity contribution in [1.82, 2.24) is 0 Å². The first-order chi connectivity index (χ1) is 33.0. The molecule has 0 aromatic rings. The van der Waals surface area contributed by atoms with Crippen LogP contribution in [0.4, 0.5) is 0 Å². The van der Waals surface area contributed by atoms with Crippen LogP contribution in [0.2, 0.25) is 0 Å². The smallest absolute Gasteiger partial charge is 0.306 e. The van der Waals surface area contributed by atoms with E-state index in [-0.39, 0.29) is 31.1 Å². The Morgan fingerprint density at radius 3 is 1.00 bits per heavy atom. The normalized spacial score (nSPS) is 12.8. The molecule has 0 aliphatic carbocycles. The molecule has 6 heteroatoms. The van der Waals surface area contributed by atoms with E-state index in [2.05, 4.69) is 118 Å². The summed E-state index contributed by atoms with van der Waals surface area (Å²) in [6.07, 6.45) is 72.5. The molecule has 67 heavy (non-hydrogen) atoms. The summed E-state index contributed by atoms with van der Waals surface area (Å²) in [4.78, 5) is 38.0. The maximum absolute atomic E-state index is 12.8. The van der Waals surface area contributed by atoms with E-state index < -0.39 is 6.10 Å². The highest BCUT2D eigenvalue weighted by molar-refractivity contribution is 5.71. The van der Waals surface area contributed by atoms with Crippen LogP contribution in [0.3, 0.4) is 0 Å². The second-order valence-corrected chi connectivity index (χ2v) is 18.1. The monoisotopic (exact) mass is 931 g/mol. The van der Waals surface area contributed by atoms with Crippen molar-refractivity contribution >= 4 is 17.9 Å². The number of hydrogen-bond acceptors (Lipinski definition) is 6. The van der Waals surface area contributed by atoms with Gasteiger partial charge in [-0.05, 0) is 116 Å². The molecule has 0 aromatic carbocycles. The fraction of sp³-hybridized carbons (Fsp3) is 0.689. The molecule has 0 heterocycles. The summed E-state index contributed by atoms with van der Waals surface area (Å²) < 4.78 is 16.8. The molecule has 382 valence electrons. The van der Waals surface area contributed by atoms with Crippen molar-refractivity contribution in [2.75, 3.05) is 13.2 Å². The van der Waals surface area contributed by atoms with E-state index in [9.17, 15) is 14.4 Å². The fourth-order valence-electron chi connectivity index (χ4n) is 7.36. The van der Waals surface area contributed by atoms with Gasteiger partial charge < -0.3 is 14.2 Å². The molecule has 0 bridgehead atoms. The molecule has 1 atom stereocenters. The van der Waals surface area contributed by atoms with Gasteiger partial charge in [0, 0.05) is 19.3 Å². The van der Waals surface area contributed by atoms with E-state index in [1.165, 1.54) is 103 Å². The zero-order valence-corrected chi connectivity index (χ0v) is 43.6. The molecule has 0 fully saturated rings. The van der Waals surface area contributed by atoms with E-state index >= 15 is 0 Å². The Kier molecular flexibility index (Phi) is 51.9. The van der Waals surface area contributed by atoms with Crippen LogP contribution >= 0.6 is 0 Å². The van der Waals surface area contributed by atoms with Crippen LogP contribution in [-0.2, 0) is 28.6 Å². The maximum Gasteiger partial charge on any atom is 0.306 e. The van der Waals surface area contributed by atoms with Crippen molar-refractivity contribution < 1.29 is 28.6 Å². The lowest BCUT2D eigenvalue weighted by Gasteiger charge is -2.18. The topological polar surface area (TPSA) is 78.9 Å². The van der Waals surface area contributed by atoms with Gasteiger partial charge >= 0.3 is 17.9 Å². The third kappa shape index (κ3) is 53.2. The molecule has 0 radical (unpaired) electrons. The molecule has 0 aliphatic heterocycles.